The summed E-state index contributed by atoms with van der Waals surface area (Å²) in [4.78, 5) is 14.2. The molecule has 0 aromatic heterocycles. The molecule has 1 aliphatic rings. The third kappa shape index (κ3) is 3.07. The van der Waals surface area contributed by atoms with E-state index in [4.69, 9.17) is 0 Å². The smallest absolute Gasteiger partial charge is 0.237 e. The summed E-state index contributed by atoms with van der Waals surface area (Å²) in [6, 6.07) is 7.37. The summed E-state index contributed by atoms with van der Waals surface area (Å²) < 4.78 is 0. The van der Waals surface area contributed by atoms with Crippen LogP contribution in [-0.4, -0.2) is 35.5 Å². The Balaban J connectivity index is 2.19. The number of amides is 1. The second-order valence-electron chi connectivity index (χ2n) is 5.13. The van der Waals surface area contributed by atoms with Crippen LogP contribution in [0.25, 0.3) is 0 Å². The van der Waals surface area contributed by atoms with Gasteiger partial charge in [0.1, 0.15) is 5.75 Å². The molecule has 0 bridgehead atoms. The van der Waals surface area contributed by atoms with Crippen LogP contribution in [0.2, 0.25) is 0 Å². The van der Waals surface area contributed by atoms with Crippen LogP contribution in [0.1, 0.15) is 37.8 Å². The first kappa shape index (κ1) is 13.9. The summed E-state index contributed by atoms with van der Waals surface area (Å²) in [6.07, 6.45) is 3.13. The van der Waals surface area contributed by atoms with E-state index in [1.54, 1.807) is 19.2 Å². The average Bonchev–Trinajstić information content (AvgIpc) is 2.45. The normalized spacial score (nSPS) is 21.9. The highest BCUT2D eigenvalue weighted by Crippen LogP contribution is 2.29. The van der Waals surface area contributed by atoms with Crippen molar-refractivity contribution in [2.45, 2.75) is 38.3 Å². The van der Waals surface area contributed by atoms with Crippen molar-refractivity contribution in [2.24, 2.45) is 0 Å². The fourth-order valence-electron chi connectivity index (χ4n) is 2.84. The number of piperidine rings is 1. The predicted octanol–water partition coefficient (Wildman–Crippen LogP) is 2.05. The highest BCUT2D eigenvalue weighted by atomic mass is 16.3. The Morgan fingerprint density at radius 3 is 2.95 bits per heavy atom. The lowest BCUT2D eigenvalue weighted by molar-refractivity contribution is -0.128. The number of hydrogen-bond acceptors (Lipinski definition) is 3. The molecular formula is C15H22N2O2. The number of aromatic hydroxyl groups is 1. The molecule has 1 heterocycles. The van der Waals surface area contributed by atoms with Crippen molar-refractivity contribution in [1.82, 2.24) is 10.2 Å². The molecule has 1 aromatic carbocycles. The first-order chi connectivity index (χ1) is 9.13. The number of phenols is 1. The van der Waals surface area contributed by atoms with Crippen molar-refractivity contribution in [1.29, 1.82) is 0 Å². The topological polar surface area (TPSA) is 52.6 Å². The lowest BCUT2D eigenvalue weighted by Gasteiger charge is -2.38. The summed E-state index contributed by atoms with van der Waals surface area (Å²) >= 11 is 0. The van der Waals surface area contributed by atoms with E-state index in [0.717, 1.165) is 31.4 Å². The first-order valence-electron chi connectivity index (χ1n) is 6.89. The maximum absolute atomic E-state index is 12.0. The van der Waals surface area contributed by atoms with Gasteiger partial charge in [-0.3, -0.25) is 9.69 Å². The van der Waals surface area contributed by atoms with Crippen molar-refractivity contribution in [3.05, 3.63) is 29.8 Å². The predicted molar refractivity (Wildman–Crippen MR) is 74.9 cm³/mol. The highest BCUT2D eigenvalue weighted by molar-refractivity contribution is 5.81. The molecule has 1 aliphatic heterocycles. The van der Waals surface area contributed by atoms with Gasteiger partial charge < -0.3 is 10.4 Å². The van der Waals surface area contributed by atoms with Gasteiger partial charge in [0.2, 0.25) is 5.91 Å². The number of carbonyl (C=O) groups excluding carboxylic acids is 1. The molecule has 1 saturated heterocycles. The molecule has 2 atom stereocenters. The quantitative estimate of drug-likeness (QED) is 0.876. The van der Waals surface area contributed by atoms with Crippen molar-refractivity contribution < 1.29 is 9.90 Å². The van der Waals surface area contributed by atoms with Gasteiger partial charge in [-0.15, -0.1) is 0 Å². The van der Waals surface area contributed by atoms with Crippen molar-refractivity contribution >= 4 is 5.91 Å². The Morgan fingerprint density at radius 1 is 1.47 bits per heavy atom. The van der Waals surface area contributed by atoms with E-state index in [1.807, 2.05) is 12.1 Å². The van der Waals surface area contributed by atoms with Crippen LogP contribution in [0.3, 0.4) is 0 Å². The largest absolute Gasteiger partial charge is 0.508 e. The standard InChI is InChI=1S/C15H22N2O2/c1-11(12-6-5-7-13(18)10-12)17-9-4-3-8-14(17)15(19)16-2/h5-7,10-11,14,18H,3-4,8-9H2,1-2H3,(H,16,19). The Morgan fingerprint density at radius 2 is 2.26 bits per heavy atom. The van der Waals surface area contributed by atoms with Crippen LogP contribution in [0.4, 0.5) is 0 Å². The molecule has 4 heteroatoms. The molecule has 1 fully saturated rings. The molecule has 4 nitrogen and oxygen atoms in total. The molecule has 1 aromatic rings. The lowest BCUT2D eigenvalue weighted by atomic mass is 9.96. The minimum Gasteiger partial charge on any atom is -0.508 e. The molecule has 2 rings (SSSR count). The van der Waals surface area contributed by atoms with E-state index < -0.39 is 0 Å². The van der Waals surface area contributed by atoms with Crippen LogP contribution >= 0.6 is 0 Å². The maximum atomic E-state index is 12.0. The summed E-state index contributed by atoms with van der Waals surface area (Å²) in [6.45, 7) is 3.02. The zero-order chi connectivity index (χ0) is 13.8. The van der Waals surface area contributed by atoms with Crippen LogP contribution in [-0.2, 0) is 4.79 Å². The van der Waals surface area contributed by atoms with Crippen LogP contribution in [0.5, 0.6) is 5.75 Å². The molecule has 2 unspecified atom stereocenters. The molecule has 0 radical (unpaired) electrons. The van der Waals surface area contributed by atoms with Crippen molar-refractivity contribution in [2.75, 3.05) is 13.6 Å². The fraction of sp³-hybridized carbons (Fsp3) is 0.533. The average molecular weight is 262 g/mol. The Kier molecular flexibility index (Phi) is 4.43. The SMILES string of the molecule is CNC(=O)C1CCCCN1C(C)c1cccc(O)c1. The van der Waals surface area contributed by atoms with Crippen molar-refractivity contribution in [3.8, 4) is 5.75 Å². The highest BCUT2D eigenvalue weighted by Gasteiger charge is 2.31. The molecule has 104 valence electrons. The zero-order valence-corrected chi connectivity index (χ0v) is 11.6. The van der Waals surface area contributed by atoms with Gasteiger partial charge in [0, 0.05) is 13.1 Å². The van der Waals surface area contributed by atoms with Gasteiger partial charge in [0.15, 0.2) is 0 Å². The molecular weight excluding hydrogens is 240 g/mol. The maximum Gasteiger partial charge on any atom is 0.237 e. The number of nitrogens with zero attached hydrogens (tertiary/aromatic N) is 1. The third-order valence-corrected chi connectivity index (χ3v) is 3.94. The minimum atomic E-state index is -0.0592. The second kappa shape index (κ2) is 6.06. The van der Waals surface area contributed by atoms with E-state index in [1.165, 1.54) is 0 Å². The third-order valence-electron chi connectivity index (χ3n) is 3.94. The second-order valence-corrected chi connectivity index (χ2v) is 5.13. The summed E-state index contributed by atoms with van der Waals surface area (Å²) in [7, 11) is 1.69. The number of phenolic OH excluding ortho intramolecular Hbond substituents is 1. The van der Waals surface area contributed by atoms with E-state index in [0.29, 0.717) is 0 Å². The molecule has 1 amide bonds. The van der Waals surface area contributed by atoms with Gasteiger partial charge in [-0.25, -0.2) is 0 Å². The monoisotopic (exact) mass is 262 g/mol. The molecule has 0 saturated carbocycles. The summed E-state index contributed by atoms with van der Waals surface area (Å²) in [5, 5.41) is 12.3. The van der Waals surface area contributed by atoms with Gasteiger partial charge >= 0.3 is 0 Å². The number of likely N-dealkylation sites (tertiary alicyclic amines) is 1. The van der Waals surface area contributed by atoms with E-state index in [-0.39, 0.29) is 23.7 Å². The molecule has 0 spiro atoms. The number of hydrogen-bond donors (Lipinski definition) is 2. The Labute approximate surface area is 114 Å². The number of carbonyl (C=O) groups is 1. The van der Waals surface area contributed by atoms with Gasteiger partial charge in [-0.05, 0) is 44.0 Å². The number of benzene rings is 1. The van der Waals surface area contributed by atoms with Crippen LogP contribution in [0.15, 0.2) is 24.3 Å². The van der Waals surface area contributed by atoms with Crippen LogP contribution in [0, 0.1) is 0 Å². The number of nitrogens with one attached hydrogen (secondary N) is 1. The molecule has 2 N–H and O–H groups in total. The van der Waals surface area contributed by atoms with E-state index in [2.05, 4.69) is 17.1 Å². The summed E-state index contributed by atoms with van der Waals surface area (Å²) in [5.41, 5.74) is 1.05. The molecule has 0 aliphatic carbocycles. The lowest BCUT2D eigenvalue weighted by Crippen LogP contribution is -2.49. The summed E-state index contributed by atoms with van der Waals surface area (Å²) in [5.74, 6) is 0.365. The Hall–Kier alpha value is -1.55. The molecule has 19 heavy (non-hydrogen) atoms. The van der Waals surface area contributed by atoms with Crippen molar-refractivity contribution in [3.63, 3.8) is 0 Å². The number of likely N-dealkylation sites (N-methyl/N-ethyl adjacent to an activating group) is 1. The number of rotatable bonds is 3. The van der Waals surface area contributed by atoms with Gasteiger partial charge in [0.05, 0.1) is 6.04 Å². The van der Waals surface area contributed by atoms with E-state index in [9.17, 15) is 9.90 Å². The van der Waals surface area contributed by atoms with Crippen LogP contribution < -0.4 is 5.32 Å². The fourth-order valence-corrected chi connectivity index (χ4v) is 2.84. The Bertz CT molecular complexity index is 448. The van der Waals surface area contributed by atoms with Gasteiger partial charge in [0.25, 0.3) is 0 Å². The minimum absolute atomic E-state index is 0.0592. The zero-order valence-electron chi connectivity index (χ0n) is 11.6. The van der Waals surface area contributed by atoms with Gasteiger partial charge in [-0.2, -0.15) is 0 Å². The van der Waals surface area contributed by atoms with Gasteiger partial charge in [-0.1, -0.05) is 18.6 Å². The first-order valence-corrected chi connectivity index (χ1v) is 6.89. The van der Waals surface area contributed by atoms with E-state index >= 15 is 0 Å².